The maximum atomic E-state index is 13.9. The fourth-order valence-corrected chi connectivity index (χ4v) is 2.85. The molecule has 5 nitrogen and oxygen atoms in total. The summed E-state index contributed by atoms with van der Waals surface area (Å²) in [7, 11) is 1.44. The lowest BCUT2D eigenvalue weighted by molar-refractivity contribution is 0.115. The van der Waals surface area contributed by atoms with Gasteiger partial charge in [-0.05, 0) is 24.3 Å². The van der Waals surface area contributed by atoms with E-state index >= 15 is 0 Å². The van der Waals surface area contributed by atoms with Crippen molar-refractivity contribution < 1.29 is 18.7 Å². The summed E-state index contributed by atoms with van der Waals surface area (Å²) in [5.41, 5.74) is 0.0673. The van der Waals surface area contributed by atoms with Crippen molar-refractivity contribution in [2.45, 2.75) is 18.9 Å². The second-order valence-corrected chi connectivity index (χ2v) is 5.86. The van der Waals surface area contributed by atoms with Crippen molar-refractivity contribution in [2.75, 3.05) is 25.5 Å². The number of piperidine rings is 1. The number of nitrogens with one attached hydrogen (secondary N) is 1. The summed E-state index contributed by atoms with van der Waals surface area (Å²) in [4.78, 5) is 14.1. The minimum atomic E-state index is -0.519. The van der Waals surface area contributed by atoms with E-state index in [2.05, 4.69) is 5.32 Å². The maximum Gasteiger partial charge on any atom is 0.322 e. The summed E-state index contributed by atoms with van der Waals surface area (Å²) in [6, 6.07) is 13.7. The predicted octanol–water partition coefficient (Wildman–Crippen LogP) is 3.91. The first-order valence-electron chi connectivity index (χ1n) is 8.27. The zero-order chi connectivity index (χ0) is 17.6. The molecule has 1 aliphatic rings. The Morgan fingerprint density at radius 3 is 2.52 bits per heavy atom. The van der Waals surface area contributed by atoms with Gasteiger partial charge in [0.15, 0.2) is 5.82 Å². The van der Waals surface area contributed by atoms with Crippen molar-refractivity contribution in [3.8, 4) is 11.5 Å². The number of hydrogen-bond acceptors (Lipinski definition) is 3. The molecule has 1 saturated heterocycles. The minimum absolute atomic E-state index is 0.0673. The molecule has 132 valence electrons. The molecular weight excluding hydrogens is 323 g/mol. The number of carbonyl (C=O) groups is 1. The Kier molecular flexibility index (Phi) is 5.38. The van der Waals surface area contributed by atoms with Gasteiger partial charge in [0.1, 0.15) is 23.3 Å². The number of rotatable bonds is 4. The molecule has 0 saturated carbocycles. The standard InChI is InChI=1S/C19H21FN2O3/c1-24-17-9-5-8-16(20)18(17)21-19(23)22-12-10-15(11-13-22)25-14-6-3-2-4-7-14/h2-9,15H,10-13H2,1H3,(H,21,23). The number of benzene rings is 2. The molecule has 2 aromatic rings. The van der Waals surface area contributed by atoms with Crippen LogP contribution in [0.2, 0.25) is 0 Å². The lowest BCUT2D eigenvalue weighted by atomic mass is 10.1. The number of likely N-dealkylation sites (tertiary alicyclic amines) is 1. The topological polar surface area (TPSA) is 50.8 Å². The van der Waals surface area contributed by atoms with Crippen molar-refractivity contribution in [3.63, 3.8) is 0 Å². The van der Waals surface area contributed by atoms with E-state index in [9.17, 15) is 9.18 Å². The number of ether oxygens (including phenoxy) is 2. The first kappa shape index (κ1) is 17.1. The van der Waals surface area contributed by atoms with E-state index in [-0.39, 0.29) is 17.8 Å². The Labute approximate surface area is 146 Å². The minimum Gasteiger partial charge on any atom is -0.494 e. The summed E-state index contributed by atoms with van der Waals surface area (Å²) < 4.78 is 25.0. The molecular formula is C19H21FN2O3. The molecule has 25 heavy (non-hydrogen) atoms. The molecule has 6 heteroatoms. The highest BCUT2D eigenvalue weighted by molar-refractivity contribution is 5.91. The first-order chi connectivity index (χ1) is 12.2. The van der Waals surface area contributed by atoms with E-state index in [1.165, 1.54) is 19.2 Å². The Bertz CT molecular complexity index is 716. The van der Waals surface area contributed by atoms with Crippen LogP contribution in [0.5, 0.6) is 11.5 Å². The second-order valence-electron chi connectivity index (χ2n) is 5.86. The number of halogens is 1. The van der Waals surface area contributed by atoms with Crippen LogP contribution in [0.15, 0.2) is 48.5 Å². The molecule has 1 N–H and O–H groups in total. The molecule has 0 bridgehead atoms. The number of carbonyl (C=O) groups excluding carboxylic acids is 1. The average Bonchev–Trinajstić information content (AvgIpc) is 2.64. The first-order valence-corrected chi connectivity index (χ1v) is 8.27. The fraction of sp³-hybridized carbons (Fsp3) is 0.316. The SMILES string of the molecule is COc1cccc(F)c1NC(=O)N1CCC(Oc2ccccc2)CC1. The Balaban J connectivity index is 1.55. The van der Waals surface area contributed by atoms with Crippen molar-refractivity contribution >= 4 is 11.7 Å². The zero-order valence-electron chi connectivity index (χ0n) is 14.1. The molecule has 1 heterocycles. The van der Waals surface area contributed by atoms with E-state index in [4.69, 9.17) is 9.47 Å². The fourth-order valence-electron chi connectivity index (χ4n) is 2.85. The van der Waals surface area contributed by atoms with E-state index in [1.807, 2.05) is 30.3 Å². The number of amides is 2. The van der Waals surface area contributed by atoms with Crippen LogP contribution in [0.4, 0.5) is 14.9 Å². The quantitative estimate of drug-likeness (QED) is 0.915. The van der Waals surface area contributed by atoms with Crippen LogP contribution in [0.3, 0.4) is 0 Å². The van der Waals surface area contributed by atoms with Crippen LogP contribution in [0, 0.1) is 5.82 Å². The van der Waals surface area contributed by atoms with Gasteiger partial charge in [0.05, 0.1) is 7.11 Å². The number of para-hydroxylation sites is 2. The summed E-state index contributed by atoms with van der Waals surface area (Å²) >= 11 is 0. The molecule has 0 radical (unpaired) electrons. The van der Waals surface area contributed by atoms with Gasteiger partial charge in [0, 0.05) is 25.9 Å². The number of nitrogens with zero attached hydrogens (tertiary/aromatic N) is 1. The van der Waals surface area contributed by atoms with Crippen LogP contribution >= 0.6 is 0 Å². The van der Waals surface area contributed by atoms with Gasteiger partial charge in [0.25, 0.3) is 0 Å². The van der Waals surface area contributed by atoms with Gasteiger partial charge < -0.3 is 19.7 Å². The Hall–Kier alpha value is -2.76. The van der Waals surface area contributed by atoms with Crippen molar-refractivity contribution in [1.82, 2.24) is 4.90 Å². The Morgan fingerprint density at radius 2 is 1.84 bits per heavy atom. The molecule has 1 aliphatic heterocycles. The van der Waals surface area contributed by atoms with Crippen LogP contribution in [0.25, 0.3) is 0 Å². The van der Waals surface area contributed by atoms with Gasteiger partial charge in [-0.2, -0.15) is 0 Å². The molecule has 0 aromatic heterocycles. The third-order valence-corrected chi connectivity index (χ3v) is 4.20. The van der Waals surface area contributed by atoms with Crippen LogP contribution in [0.1, 0.15) is 12.8 Å². The summed E-state index contributed by atoms with van der Waals surface area (Å²) in [5, 5.41) is 2.61. The molecule has 0 aliphatic carbocycles. The van der Waals surface area contributed by atoms with Gasteiger partial charge in [0.2, 0.25) is 0 Å². The van der Waals surface area contributed by atoms with Crippen LogP contribution in [-0.4, -0.2) is 37.2 Å². The normalized spacial score (nSPS) is 14.9. The predicted molar refractivity (Wildman–Crippen MR) is 93.6 cm³/mol. The van der Waals surface area contributed by atoms with E-state index < -0.39 is 5.82 Å². The van der Waals surface area contributed by atoms with E-state index in [0.717, 1.165) is 18.6 Å². The lowest BCUT2D eigenvalue weighted by Crippen LogP contribution is -2.43. The summed E-state index contributed by atoms with van der Waals surface area (Å²) in [6.45, 7) is 1.11. The molecule has 0 spiro atoms. The largest absolute Gasteiger partial charge is 0.494 e. The average molecular weight is 344 g/mol. The third-order valence-electron chi connectivity index (χ3n) is 4.20. The molecule has 0 atom stereocenters. The van der Waals surface area contributed by atoms with Gasteiger partial charge in [-0.1, -0.05) is 24.3 Å². The van der Waals surface area contributed by atoms with Gasteiger partial charge in [-0.25, -0.2) is 9.18 Å². The van der Waals surface area contributed by atoms with E-state index in [0.29, 0.717) is 18.8 Å². The molecule has 2 amide bonds. The lowest BCUT2D eigenvalue weighted by Gasteiger charge is -2.32. The third kappa shape index (κ3) is 4.21. The summed E-state index contributed by atoms with van der Waals surface area (Å²) in [5.74, 6) is 0.618. The van der Waals surface area contributed by atoms with Crippen molar-refractivity contribution in [3.05, 3.63) is 54.3 Å². The Morgan fingerprint density at radius 1 is 1.12 bits per heavy atom. The monoisotopic (exact) mass is 344 g/mol. The summed E-state index contributed by atoms with van der Waals surface area (Å²) in [6.07, 6.45) is 1.54. The smallest absolute Gasteiger partial charge is 0.322 e. The zero-order valence-corrected chi connectivity index (χ0v) is 14.1. The number of urea groups is 1. The molecule has 3 rings (SSSR count). The molecule has 0 unspecified atom stereocenters. The number of anilines is 1. The van der Waals surface area contributed by atoms with Gasteiger partial charge in [-0.15, -0.1) is 0 Å². The van der Waals surface area contributed by atoms with E-state index in [1.54, 1.807) is 11.0 Å². The molecule has 1 fully saturated rings. The van der Waals surface area contributed by atoms with Gasteiger partial charge in [-0.3, -0.25) is 0 Å². The highest BCUT2D eigenvalue weighted by Crippen LogP contribution is 2.28. The van der Waals surface area contributed by atoms with Crippen molar-refractivity contribution in [1.29, 1.82) is 0 Å². The van der Waals surface area contributed by atoms with Crippen LogP contribution < -0.4 is 14.8 Å². The highest BCUT2D eigenvalue weighted by Gasteiger charge is 2.25. The van der Waals surface area contributed by atoms with Crippen molar-refractivity contribution in [2.24, 2.45) is 0 Å². The highest BCUT2D eigenvalue weighted by atomic mass is 19.1. The number of methoxy groups -OCH3 is 1. The second kappa shape index (κ2) is 7.88. The maximum absolute atomic E-state index is 13.9. The number of hydrogen-bond donors (Lipinski definition) is 1. The van der Waals surface area contributed by atoms with Gasteiger partial charge >= 0.3 is 6.03 Å². The molecule has 2 aromatic carbocycles. The van der Waals surface area contributed by atoms with Crippen LogP contribution in [-0.2, 0) is 0 Å².